The lowest BCUT2D eigenvalue weighted by atomic mass is 9.90. The van der Waals surface area contributed by atoms with E-state index in [-0.39, 0.29) is 0 Å². The average Bonchev–Trinajstić information content (AvgIpc) is 3.70. The predicted octanol–water partition coefficient (Wildman–Crippen LogP) is 9.52. The maximum Gasteiger partial charge on any atom is 0.0638 e. The van der Waals surface area contributed by atoms with Crippen LogP contribution >= 0.6 is 34.4 Å². The first-order valence-corrected chi connectivity index (χ1v) is 16.4. The molecule has 0 bridgehead atoms. The van der Waals surface area contributed by atoms with Gasteiger partial charge in [0.2, 0.25) is 0 Å². The number of hydrogen-bond acceptors (Lipinski definition) is 4. The lowest BCUT2D eigenvalue weighted by molar-refractivity contribution is 0.820. The summed E-state index contributed by atoms with van der Waals surface area (Å²) in [7, 11) is 0. The Morgan fingerprint density at radius 3 is 2.42 bits per heavy atom. The minimum Gasteiger partial charge on any atom is -0.311 e. The smallest absolute Gasteiger partial charge is 0.0638 e. The SMILES string of the molecule is C1=CC(N(C2=c3sc4ccccc4c3=CCC2)c2cccc3c2sc2ccccc23)=C2Sc3ccccc3C2C1. The van der Waals surface area contributed by atoms with E-state index in [0.29, 0.717) is 5.92 Å². The minimum atomic E-state index is 0.433. The van der Waals surface area contributed by atoms with Crippen molar-refractivity contribution in [1.82, 2.24) is 0 Å². The van der Waals surface area contributed by atoms with Gasteiger partial charge in [0.25, 0.3) is 0 Å². The van der Waals surface area contributed by atoms with Crippen LogP contribution in [0.3, 0.4) is 0 Å². The molecule has 0 saturated heterocycles. The van der Waals surface area contributed by atoms with Gasteiger partial charge < -0.3 is 4.90 Å². The summed E-state index contributed by atoms with van der Waals surface area (Å²) in [4.78, 5) is 5.57. The Morgan fingerprint density at radius 1 is 0.725 bits per heavy atom. The van der Waals surface area contributed by atoms with Crippen molar-refractivity contribution in [3.8, 4) is 0 Å². The Balaban J connectivity index is 1.39. The highest BCUT2D eigenvalue weighted by atomic mass is 32.2. The lowest BCUT2D eigenvalue weighted by Gasteiger charge is -2.33. The van der Waals surface area contributed by atoms with Gasteiger partial charge in [-0.15, -0.1) is 22.7 Å². The molecule has 2 aromatic heterocycles. The van der Waals surface area contributed by atoms with Crippen molar-refractivity contribution in [2.24, 2.45) is 0 Å². The monoisotopic (exact) mass is 567 g/mol. The van der Waals surface area contributed by atoms with Gasteiger partial charge >= 0.3 is 0 Å². The van der Waals surface area contributed by atoms with Crippen molar-refractivity contribution >= 4 is 82.2 Å². The molecule has 1 nitrogen and oxygen atoms in total. The van der Waals surface area contributed by atoms with Crippen LogP contribution in [0.5, 0.6) is 0 Å². The number of benzene rings is 4. The molecule has 6 aromatic rings. The highest BCUT2D eigenvalue weighted by Gasteiger charge is 2.35. The molecule has 0 spiro atoms. The number of fused-ring (bicyclic) bond motifs is 9. The Morgan fingerprint density at radius 2 is 1.50 bits per heavy atom. The summed E-state index contributed by atoms with van der Waals surface area (Å²) in [6.45, 7) is 0. The summed E-state index contributed by atoms with van der Waals surface area (Å²) in [5.41, 5.74) is 5.58. The molecule has 1 unspecified atom stereocenters. The largest absolute Gasteiger partial charge is 0.311 e. The third kappa shape index (κ3) is 3.33. The predicted molar refractivity (Wildman–Crippen MR) is 176 cm³/mol. The molecule has 1 atom stereocenters. The number of nitrogens with zero attached hydrogens (tertiary/aromatic N) is 1. The second kappa shape index (κ2) is 8.97. The van der Waals surface area contributed by atoms with E-state index in [2.05, 4.69) is 114 Å². The van der Waals surface area contributed by atoms with Crippen molar-refractivity contribution in [3.05, 3.63) is 129 Å². The molecule has 4 aromatic carbocycles. The van der Waals surface area contributed by atoms with Crippen LogP contribution in [0.15, 0.2) is 119 Å². The second-order valence-electron chi connectivity index (χ2n) is 10.7. The molecule has 0 N–H and O–H groups in total. The fourth-order valence-corrected chi connectivity index (χ4v) is 10.5. The number of allylic oxidation sites excluding steroid dienone is 3. The molecule has 3 aliphatic rings. The third-order valence-electron chi connectivity index (χ3n) is 8.49. The zero-order chi connectivity index (χ0) is 26.2. The van der Waals surface area contributed by atoms with Gasteiger partial charge in [0, 0.05) is 47.0 Å². The minimum absolute atomic E-state index is 0.433. The van der Waals surface area contributed by atoms with Crippen LogP contribution in [0.4, 0.5) is 5.69 Å². The highest BCUT2D eigenvalue weighted by molar-refractivity contribution is 8.03. The van der Waals surface area contributed by atoms with E-state index in [9.17, 15) is 0 Å². The Kier molecular flexibility index (Phi) is 5.19. The molecule has 9 rings (SSSR count). The van der Waals surface area contributed by atoms with Crippen LogP contribution in [0, 0.1) is 0 Å². The first kappa shape index (κ1) is 23.2. The Labute approximate surface area is 245 Å². The quantitative estimate of drug-likeness (QED) is 0.209. The molecule has 2 aliphatic carbocycles. The van der Waals surface area contributed by atoms with Crippen molar-refractivity contribution < 1.29 is 0 Å². The van der Waals surface area contributed by atoms with Crippen molar-refractivity contribution in [2.45, 2.75) is 30.1 Å². The molecule has 40 heavy (non-hydrogen) atoms. The van der Waals surface area contributed by atoms with Crippen LogP contribution in [0.1, 0.15) is 30.7 Å². The second-order valence-corrected chi connectivity index (χ2v) is 13.9. The molecule has 0 saturated carbocycles. The summed E-state index contributed by atoms with van der Waals surface area (Å²) in [5, 5.41) is 5.51. The van der Waals surface area contributed by atoms with Gasteiger partial charge in [-0.3, -0.25) is 0 Å². The van der Waals surface area contributed by atoms with E-state index in [1.54, 1.807) is 0 Å². The van der Waals surface area contributed by atoms with E-state index >= 15 is 0 Å². The molecule has 0 radical (unpaired) electrons. The zero-order valence-electron chi connectivity index (χ0n) is 21.8. The van der Waals surface area contributed by atoms with Gasteiger partial charge in [0.05, 0.1) is 20.6 Å². The first-order valence-electron chi connectivity index (χ1n) is 13.9. The van der Waals surface area contributed by atoms with Gasteiger partial charge in [0.1, 0.15) is 0 Å². The van der Waals surface area contributed by atoms with E-state index in [1.165, 1.54) is 72.5 Å². The Hall–Kier alpha value is -3.57. The molecule has 192 valence electrons. The number of anilines is 1. The average molecular weight is 568 g/mol. The van der Waals surface area contributed by atoms with Crippen molar-refractivity contribution in [2.75, 3.05) is 4.90 Å². The fraction of sp³-hybridized carbons (Fsp3) is 0.111. The standard InChI is InChI=1S/C36H25NS3/c1-4-19-31-22(10-1)25-13-7-16-28(34(25)38-31)37(29-17-8-14-26-23-11-2-5-20-32(23)39-35(26)29)30-18-9-15-27-24-12-3-6-21-33(24)40-36(27)30/h1-8,10-13,15-17,19-21,26H,9,14,18H2. The normalized spacial score (nSPS) is 17.8. The van der Waals surface area contributed by atoms with Crippen LogP contribution in [0.25, 0.3) is 42.0 Å². The number of rotatable bonds is 3. The molecular formula is C36H25NS3. The molecule has 0 fully saturated rings. The molecule has 1 aliphatic heterocycles. The zero-order valence-corrected chi connectivity index (χ0v) is 24.2. The number of thioether (sulfide) groups is 1. The summed E-state index contributed by atoms with van der Waals surface area (Å²) in [6, 6.07) is 33.7. The summed E-state index contributed by atoms with van der Waals surface area (Å²) in [6.07, 6.45) is 10.5. The summed E-state index contributed by atoms with van der Waals surface area (Å²) in [5.74, 6) is 0.433. The fourth-order valence-electron chi connectivity index (χ4n) is 6.73. The van der Waals surface area contributed by atoms with Crippen molar-refractivity contribution in [3.63, 3.8) is 0 Å². The topological polar surface area (TPSA) is 3.24 Å². The van der Waals surface area contributed by atoms with Crippen LogP contribution < -0.4 is 14.7 Å². The maximum absolute atomic E-state index is 2.66. The van der Waals surface area contributed by atoms with Crippen LogP contribution in [-0.2, 0) is 0 Å². The molecule has 0 amide bonds. The van der Waals surface area contributed by atoms with Crippen LogP contribution in [0.2, 0.25) is 0 Å². The highest BCUT2D eigenvalue weighted by Crippen LogP contribution is 2.55. The third-order valence-corrected chi connectivity index (χ3v) is 12.2. The molecule has 3 heterocycles. The number of thiophene rings is 2. The van der Waals surface area contributed by atoms with Crippen molar-refractivity contribution in [1.29, 1.82) is 0 Å². The van der Waals surface area contributed by atoms with Gasteiger partial charge in [-0.2, -0.15) is 0 Å². The molecular weight excluding hydrogens is 543 g/mol. The number of hydrogen-bond donors (Lipinski definition) is 0. The first-order chi connectivity index (χ1) is 19.8. The Bertz CT molecular complexity index is 2190. The van der Waals surface area contributed by atoms with Gasteiger partial charge in [0.15, 0.2) is 0 Å². The van der Waals surface area contributed by atoms with Crippen LogP contribution in [-0.4, -0.2) is 0 Å². The molecule has 4 heteroatoms. The summed E-state index contributed by atoms with van der Waals surface area (Å²) >= 11 is 5.87. The van der Waals surface area contributed by atoms with Gasteiger partial charge in [-0.25, -0.2) is 0 Å². The van der Waals surface area contributed by atoms with E-state index in [1.807, 2.05) is 34.4 Å². The lowest BCUT2D eigenvalue weighted by Crippen LogP contribution is -2.34. The summed E-state index contributed by atoms with van der Waals surface area (Å²) < 4.78 is 5.53. The van der Waals surface area contributed by atoms with Gasteiger partial charge in [-0.1, -0.05) is 90.6 Å². The van der Waals surface area contributed by atoms with E-state index in [0.717, 1.165) is 19.3 Å². The van der Waals surface area contributed by atoms with E-state index < -0.39 is 0 Å². The maximum atomic E-state index is 2.66. The van der Waals surface area contributed by atoms with E-state index in [4.69, 9.17) is 0 Å². The van der Waals surface area contributed by atoms with Gasteiger partial charge in [-0.05, 0) is 60.4 Å².